The third kappa shape index (κ3) is 4.10. The van der Waals surface area contributed by atoms with Gasteiger partial charge in [0.05, 0.1) is 18.4 Å². The summed E-state index contributed by atoms with van der Waals surface area (Å²) in [6.07, 6.45) is 1.95. The van der Waals surface area contributed by atoms with Gasteiger partial charge in [-0.3, -0.25) is 14.4 Å². The molecule has 0 radical (unpaired) electrons. The molecule has 0 spiro atoms. The van der Waals surface area contributed by atoms with E-state index in [-0.39, 0.29) is 17.7 Å². The second-order valence-corrected chi connectivity index (χ2v) is 8.30. The molecule has 2 aromatic carbocycles. The number of hydrogen-bond acceptors (Lipinski definition) is 5. The number of carbonyl (C=O) groups is 3. The number of piperidine rings is 1. The summed E-state index contributed by atoms with van der Waals surface area (Å²) >= 11 is 0. The van der Waals surface area contributed by atoms with Crippen molar-refractivity contribution >= 4 is 34.7 Å². The molecule has 0 atom stereocenters. The fourth-order valence-corrected chi connectivity index (χ4v) is 4.19. The average Bonchev–Trinajstić information content (AvgIpc) is 3.04. The molecule has 166 valence electrons. The first-order valence-electron chi connectivity index (χ1n) is 10.8. The highest BCUT2D eigenvalue weighted by Gasteiger charge is 2.43. The molecule has 7 heteroatoms. The minimum atomic E-state index is -0.346. The maximum atomic E-state index is 13.6. The number of amides is 3. The summed E-state index contributed by atoms with van der Waals surface area (Å²) in [5.74, 6) is 0.423. The zero-order chi connectivity index (χ0) is 22.8. The summed E-state index contributed by atoms with van der Waals surface area (Å²) in [6.45, 7) is 5.12. The van der Waals surface area contributed by atoms with Crippen molar-refractivity contribution in [2.24, 2.45) is 5.92 Å². The average molecular weight is 434 g/mol. The molecule has 0 unspecified atom stereocenters. The van der Waals surface area contributed by atoms with Gasteiger partial charge in [0.1, 0.15) is 11.4 Å². The molecule has 0 aliphatic carbocycles. The van der Waals surface area contributed by atoms with E-state index < -0.39 is 0 Å². The normalized spacial score (nSPS) is 17.2. The summed E-state index contributed by atoms with van der Waals surface area (Å²) in [4.78, 5) is 41.8. The van der Waals surface area contributed by atoms with Crippen molar-refractivity contribution in [2.45, 2.75) is 26.7 Å². The van der Waals surface area contributed by atoms with E-state index in [0.29, 0.717) is 39.9 Å². The van der Waals surface area contributed by atoms with Crippen LogP contribution in [0.1, 0.15) is 32.3 Å². The highest BCUT2D eigenvalue weighted by Crippen LogP contribution is 2.37. The number of imide groups is 1. The molecule has 2 aliphatic rings. The quantitative estimate of drug-likeness (QED) is 0.728. The summed E-state index contributed by atoms with van der Waals surface area (Å²) in [6, 6.07) is 13.9. The van der Waals surface area contributed by atoms with Crippen molar-refractivity contribution in [3.8, 4) is 5.75 Å². The number of methoxy groups -OCH3 is 1. The summed E-state index contributed by atoms with van der Waals surface area (Å²) < 4.78 is 5.20. The van der Waals surface area contributed by atoms with Crippen LogP contribution in [0.15, 0.2) is 54.2 Å². The Morgan fingerprint density at radius 3 is 2.16 bits per heavy atom. The maximum Gasteiger partial charge on any atom is 0.282 e. The standard InChI is InChI=1S/C25H27N3O4/c1-16-12-14-27(15-13-16)23-22(18-4-6-19(7-5-18)26-17(2)29)24(30)28(25(23)31)20-8-10-21(32-3)11-9-20/h4-11,16H,12-15H2,1-3H3,(H,26,29). The number of benzene rings is 2. The van der Waals surface area contributed by atoms with Crippen LogP contribution in [-0.4, -0.2) is 42.8 Å². The van der Waals surface area contributed by atoms with E-state index in [0.717, 1.165) is 25.9 Å². The van der Waals surface area contributed by atoms with Crippen molar-refractivity contribution in [3.63, 3.8) is 0 Å². The molecular weight excluding hydrogens is 406 g/mol. The molecule has 4 rings (SSSR count). The van der Waals surface area contributed by atoms with E-state index in [1.165, 1.54) is 11.8 Å². The predicted molar refractivity (Wildman–Crippen MR) is 123 cm³/mol. The van der Waals surface area contributed by atoms with E-state index in [2.05, 4.69) is 12.2 Å². The van der Waals surface area contributed by atoms with E-state index in [4.69, 9.17) is 4.74 Å². The second kappa shape index (κ2) is 8.86. The second-order valence-electron chi connectivity index (χ2n) is 8.30. The molecule has 1 fully saturated rings. The van der Waals surface area contributed by atoms with Crippen LogP contribution < -0.4 is 15.0 Å². The zero-order valence-electron chi connectivity index (χ0n) is 18.6. The first-order valence-corrected chi connectivity index (χ1v) is 10.8. The summed E-state index contributed by atoms with van der Waals surface area (Å²) in [7, 11) is 1.57. The Labute approximate surface area is 187 Å². The Bertz CT molecular complexity index is 1070. The zero-order valence-corrected chi connectivity index (χ0v) is 18.6. The fraction of sp³-hybridized carbons (Fsp3) is 0.320. The van der Waals surface area contributed by atoms with Crippen molar-refractivity contribution in [3.05, 3.63) is 59.8 Å². The van der Waals surface area contributed by atoms with Gasteiger partial charge in [0.25, 0.3) is 11.8 Å². The number of anilines is 2. The molecule has 0 aromatic heterocycles. The van der Waals surface area contributed by atoms with Crippen LogP contribution in [0, 0.1) is 5.92 Å². The number of ether oxygens (including phenoxy) is 1. The van der Waals surface area contributed by atoms with Crippen LogP contribution in [0.2, 0.25) is 0 Å². The number of carbonyl (C=O) groups excluding carboxylic acids is 3. The number of likely N-dealkylation sites (tertiary alicyclic amines) is 1. The number of nitrogens with one attached hydrogen (secondary N) is 1. The molecule has 3 amide bonds. The van der Waals surface area contributed by atoms with Crippen LogP contribution in [0.3, 0.4) is 0 Å². The van der Waals surface area contributed by atoms with E-state index in [1.807, 2.05) is 4.90 Å². The molecule has 2 heterocycles. The van der Waals surface area contributed by atoms with Crippen LogP contribution in [0.4, 0.5) is 11.4 Å². The molecule has 7 nitrogen and oxygen atoms in total. The smallest absolute Gasteiger partial charge is 0.282 e. The van der Waals surface area contributed by atoms with Gasteiger partial charge in [0.15, 0.2) is 0 Å². The highest BCUT2D eigenvalue weighted by atomic mass is 16.5. The minimum absolute atomic E-state index is 0.169. The van der Waals surface area contributed by atoms with Gasteiger partial charge in [-0.25, -0.2) is 4.90 Å². The Morgan fingerprint density at radius 2 is 1.59 bits per heavy atom. The van der Waals surface area contributed by atoms with Gasteiger partial charge in [0, 0.05) is 25.7 Å². The van der Waals surface area contributed by atoms with E-state index in [9.17, 15) is 14.4 Å². The van der Waals surface area contributed by atoms with Gasteiger partial charge in [-0.1, -0.05) is 19.1 Å². The Hall–Kier alpha value is -3.61. The molecule has 2 aliphatic heterocycles. The third-order valence-electron chi connectivity index (χ3n) is 5.98. The number of nitrogens with zero attached hydrogens (tertiary/aromatic N) is 2. The largest absolute Gasteiger partial charge is 0.497 e. The highest BCUT2D eigenvalue weighted by molar-refractivity contribution is 6.45. The van der Waals surface area contributed by atoms with Crippen LogP contribution >= 0.6 is 0 Å². The lowest BCUT2D eigenvalue weighted by molar-refractivity contribution is -0.121. The monoisotopic (exact) mass is 433 g/mol. The molecule has 1 N–H and O–H groups in total. The minimum Gasteiger partial charge on any atom is -0.497 e. The van der Waals surface area contributed by atoms with Crippen LogP contribution in [0.25, 0.3) is 5.57 Å². The van der Waals surface area contributed by atoms with Crippen LogP contribution in [0.5, 0.6) is 5.75 Å². The molecule has 1 saturated heterocycles. The SMILES string of the molecule is COc1ccc(N2C(=O)C(c3ccc(NC(C)=O)cc3)=C(N3CCC(C)CC3)C2=O)cc1. The molecular formula is C25H27N3O4. The van der Waals surface area contributed by atoms with E-state index >= 15 is 0 Å². The number of hydrogen-bond donors (Lipinski definition) is 1. The fourth-order valence-electron chi connectivity index (χ4n) is 4.19. The summed E-state index contributed by atoms with van der Waals surface area (Å²) in [5.41, 5.74) is 2.65. The molecule has 0 bridgehead atoms. The van der Waals surface area contributed by atoms with Crippen molar-refractivity contribution in [1.82, 2.24) is 4.90 Å². The lowest BCUT2D eigenvalue weighted by Gasteiger charge is -2.32. The van der Waals surface area contributed by atoms with Gasteiger partial charge in [-0.2, -0.15) is 0 Å². The number of rotatable bonds is 5. The molecule has 32 heavy (non-hydrogen) atoms. The summed E-state index contributed by atoms with van der Waals surface area (Å²) in [5, 5.41) is 2.73. The lowest BCUT2D eigenvalue weighted by atomic mass is 9.97. The van der Waals surface area contributed by atoms with Crippen molar-refractivity contribution in [2.75, 3.05) is 30.4 Å². The lowest BCUT2D eigenvalue weighted by Crippen LogP contribution is -2.38. The van der Waals surface area contributed by atoms with Gasteiger partial charge in [-0.15, -0.1) is 0 Å². The van der Waals surface area contributed by atoms with E-state index in [1.54, 1.807) is 55.6 Å². The first kappa shape index (κ1) is 21.6. The van der Waals surface area contributed by atoms with Gasteiger partial charge >= 0.3 is 0 Å². The Balaban J connectivity index is 1.74. The van der Waals surface area contributed by atoms with Gasteiger partial charge in [0.2, 0.25) is 5.91 Å². The predicted octanol–water partition coefficient (Wildman–Crippen LogP) is 3.67. The Kier molecular flexibility index (Phi) is 5.99. The Morgan fingerprint density at radius 1 is 0.969 bits per heavy atom. The first-order chi connectivity index (χ1) is 15.4. The third-order valence-corrected chi connectivity index (χ3v) is 5.98. The van der Waals surface area contributed by atoms with Gasteiger partial charge < -0.3 is 15.0 Å². The topological polar surface area (TPSA) is 79.0 Å². The van der Waals surface area contributed by atoms with Gasteiger partial charge in [-0.05, 0) is 60.7 Å². The maximum absolute atomic E-state index is 13.6. The van der Waals surface area contributed by atoms with Crippen LogP contribution in [-0.2, 0) is 14.4 Å². The molecule has 0 saturated carbocycles. The van der Waals surface area contributed by atoms with Crippen molar-refractivity contribution in [1.29, 1.82) is 0 Å². The van der Waals surface area contributed by atoms with Crippen molar-refractivity contribution < 1.29 is 19.1 Å². The molecule has 2 aromatic rings.